The van der Waals surface area contributed by atoms with Crippen molar-refractivity contribution in [3.8, 4) is 5.75 Å². The maximum Gasteiger partial charge on any atom is 0.420 e. The van der Waals surface area contributed by atoms with Crippen molar-refractivity contribution in [2.45, 2.75) is 12.8 Å². The summed E-state index contributed by atoms with van der Waals surface area (Å²) in [7, 11) is 2.00. The Morgan fingerprint density at radius 3 is 2.28 bits per heavy atom. The van der Waals surface area contributed by atoms with E-state index in [4.69, 9.17) is 0 Å². The number of hydrogen-bond donors (Lipinski definition) is 1. The average molecular weight is 369 g/mol. The highest BCUT2D eigenvalue weighted by molar-refractivity contribution is 5.98. The number of hydrogen-bond acceptors (Lipinski definition) is 6. The number of nitrogens with one attached hydrogen (secondary N) is 1. The molecule has 25 heavy (non-hydrogen) atoms. The van der Waals surface area contributed by atoms with E-state index in [9.17, 15) is 31.5 Å². The molecule has 1 aromatic rings. The first kappa shape index (κ1) is 20.2. The molecule has 0 heterocycles. The van der Waals surface area contributed by atoms with E-state index in [0.29, 0.717) is 18.2 Å². The van der Waals surface area contributed by atoms with Crippen LogP contribution in [0.25, 0.3) is 0 Å². The van der Waals surface area contributed by atoms with E-state index in [2.05, 4.69) is 19.5 Å². The predicted octanol–water partition coefficient (Wildman–Crippen LogP) is 2.95. The molecule has 11 heteroatoms. The van der Waals surface area contributed by atoms with Crippen LogP contribution < -0.4 is 10.1 Å². The van der Waals surface area contributed by atoms with E-state index in [0.717, 1.165) is 20.3 Å². The Labute approximate surface area is 138 Å². The Balaban J connectivity index is 3.26. The van der Waals surface area contributed by atoms with Gasteiger partial charge in [-0.05, 0) is 18.2 Å². The molecule has 0 radical (unpaired) electrons. The Bertz CT molecular complexity index is 672. The fourth-order valence-corrected chi connectivity index (χ4v) is 1.62. The average Bonchev–Trinajstić information content (AvgIpc) is 2.53. The maximum atomic E-state index is 13.0. The topological polar surface area (TPSA) is 73.9 Å². The first-order valence-electron chi connectivity index (χ1n) is 6.39. The zero-order valence-corrected chi connectivity index (χ0v) is 12.8. The highest BCUT2D eigenvalue weighted by Crippen LogP contribution is 2.38. The largest absolute Gasteiger partial charge is 0.466 e. The van der Waals surface area contributed by atoms with Crippen molar-refractivity contribution in [2.75, 3.05) is 19.5 Å². The van der Waals surface area contributed by atoms with Gasteiger partial charge in [-0.25, -0.2) is 9.59 Å². The second kappa shape index (κ2) is 8.31. The Morgan fingerprint density at radius 2 is 1.80 bits per heavy atom. The van der Waals surface area contributed by atoms with Gasteiger partial charge in [-0.3, -0.25) is 0 Å². The predicted molar refractivity (Wildman–Crippen MR) is 73.8 cm³/mol. The summed E-state index contributed by atoms with van der Waals surface area (Å²) in [6.45, 7) is -3.45. The smallest absolute Gasteiger partial charge is 0.420 e. The Morgan fingerprint density at radius 1 is 1.16 bits per heavy atom. The van der Waals surface area contributed by atoms with Gasteiger partial charge < -0.3 is 19.5 Å². The van der Waals surface area contributed by atoms with Crippen molar-refractivity contribution in [3.05, 3.63) is 35.5 Å². The van der Waals surface area contributed by atoms with Crippen LogP contribution in [0.4, 0.5) is 27.6 Å². The molecule has 0 saturated heterocycles. The lowest BCUT2D eigenvalue weighted by molar-refractivity contribution is -0.142. The quantitative estimate of drug-likeness (QED) is 0.472. The molecule has 1 N–H and O–H groups in total. The van der Waals surface area contributed by atoms with Gasteiger partial charge in [0.1, 0.15) is 11.4 Å². The van der Waals surface area contributed by atoms with Gasteiger partial charge in [0, 0.05) is 5.69 Å². The molecule has 0 atom stereocenters. The molecule has 0 saturated carbocycles. The molecule has 0 spiro atoms. The molecule has 0 unspecified atom stereocenters. The van der Waals surface area contributed by atoms with Crippen LogP contribution in [0.2, 0.25) is 0 Å². The zero-order valence-electron chi connectivity index (χ0n) is 12.8. The summed E-state index contributed by atoms with van der Waals surface area (Å²) in [6.07, 6.45) is -4.35. The van der Waals surface area contributed by atoms with E-state index in [-0.39, 0.29) is 5.69 Å². The summed E-state index contributed by atoms with van der Waals surface area (Å²) in [5.41, 5.74) is -2.35. The molecule has 1 aromatic carbocycles. The van der Waals surface area contributed by atoms with Gasteiger partial charge >= 0.3 is 24.7 Å². The van der Waals surface area contributed by atoms with Crippen molar-refractivity contribution in [2.24, 2.45) is 0 Å². The van der Waals surface area contributed by atoms with Crippen molar-refractivity contribution in [1.29, 1.82) is 0 Å². The fourth-order valence-electron chi connectivity index (χ4n) is 1.62. The number of esters is 2. The lowest BCUT2D eigenvalue weighted by atomic mass is 10.1. The van der Waals surface area contributed by atoms with Gasteiger partial charge in [-0.15, -0.1) is 0 Å². The second-order valence-electron chi connectivity index (χ2n) is 4.28. The fraction of sp³-hybridized carbons (Fsp3) is 0.286. The number of anilines is 1. The minimum atomic E-state index is -5.00. The number of rotatable bonds is 6. The monoisotopic (exact) mass is 369 g/mol. The standard InChI is InChI=1S/C14H12F5NO5/c1-23-11(21)6-9(12(22)24-2)20-7-3-4-10(25-13(15)16)8(5-7)14(17,18)19/h3-6,13,20H,1-2H3/b9-6+. The van der Waals surface area contributed by atoms with Gasteiger partial charge in [0.15, 0.2) is 0 Å². The third kappa shape index (κ3) is 5.94. The van der Waals surface area contributed by atoms with Crippen LogP contribution in [-0.2, 0) is 25.2 Å². The molecule has 0 bridgehead atoms. The number of alkyl halides is 5. The highest BCUT2D eigenvalue weighted by atomic mass is 19.4. The molecule has 138 valence electrons. The van der Waals surface area contributed by atoms with Crippen molar-refractivity contribution in [1.82, 2.24) is 0 Å². The minimum Gasteiger partial charge on any atom is -0.466 e. The number of carbonyl (C=O) groups excluding carboxylic acids is 2. The van der Waals surface area contributed by atoms with Gasteiger partial charge in [0.05, 0.1) is 25.9 Å². The first-order chi connectivity index (χ1) is 11.6. The van der Waals surface area contributed by atoms with Gasteiger partial charge in [0.2, 0.25) is 0 Å². The van der Waals surface area contributed by atoms with Gasteiger partial charge in [-0.1, -0.05) is 0 Å². The van der Waals surface area contributed by atoms with E-state index >= 15 is 0 Å². The maximum absolute atomic E-state index is 13.0. The van der Waals surface area contributed by atoms with E-state index in [1.165, 1.54) is 0 Å². The molecule has 0 aliphatic heterocycles. The molecule has 1 rings (SSSR count). The number of halogens is 5. The number of benzene rings is 1. The van der Waals surface area contributed by atoms with Crippen LogP contribution in [0.15, 0.2) is 30.0 Å². The normalized spacial score (nSPS) is 11.9. The Kier molecular flexibility index (Phi) is 6.71. The minimum absolute atomic E-state index is 0.325. The number of ether oxygens (including phenoxy) is 3. The molecule has 0 aromatic heterocycles. The molecular weight excluding hydrogens is 357 g/mol. The van der Waals surface area contributed by atoms with Crippen molar-refractivity contribution >= 4 is 17.6 Å². The molecule has 6 nitrogen and oxygen atoms in total. The van der Waals surface area contributed by atoms with Crippen LogP contribution in [0.3, 0.4) is 0 Å². The van der Waals surface area contributed by atoms with Crippen LogP contribution in [0, 0.1) is 0 Å². The van der Waals surface area contributed by atoms with Crippen LogP contribution in [0.5, 0.6) is 5.75 Å². The van der Waals surface area contributed by atoms with E-state index in [1.807, 2.05) is 0 Å². The van der Waals surface area contributed by atoms with Gasteiger partial charge in [-0.2, -0.15) is 22.0 Å². The molecule has 0 aliphatic rings. The van der Waals surface area contributed by atoms with Crippen molar-refractivity contribution < 1.29 is 45.8 Å². The molecule has 0 fully saturated rings. The summed E-state index contributed by atoms with van der Waals surface area (Å²) in [5, 5.41) is 2.23. The lowest BCUT2D eigenvalue weighted by Crippen LogP contribution is -2.16. The molecule has 0 aliphatic carbocycles. The van der Waals surface area contributed by atoms with E-state index < -0.39 is 41.7 Å². The van der Waals surface area contributed by atoms with Gasteiger partial charge in [0.25, 0.3) is 0 Å². The molecular formula is C14H12F5NO5. The summed E-state index contributed by atoms with van der Waals surface area (Å²) in [5.74, 6) is -3.13. The number of carbonyl (C=O) groups is 2. The zero-order chi connectivity index (χ0) is 19.2. The second-order valence-corrected chi connectivity index (χ2v) is 4.28. The first-order valence-corrected chi connectivity index (χ1v) is 6.39. The SMILES string of the molecule is COC(=O)/C=C(/Nc1ccc(OC(F)F)c(C(F)(F)F)c1)C(=O)OC. The summed E-state index contributed by atoms with van der Waals surface area (Å²) in [6, 6.07) is 2.02. The van der Waals surface area contributed by atoms with Crippen LogP contribution >= 0.6 is 0 Å². The third-order valence-electron chi connectivity index (χ3n) is 2.65. The van der Waals surface area contributed by atoms with Crippen LogP contribution in [-0.4, -0.2) is 32.8 Å². The van der Waals surface area contributed by atoms with Crippen LogP contribution in [0.1, 0.15) is 5.56 Å². The highest BCUT2D eigenvalue weighted by Gasteiger charge is 2.35. The van der Waals surface area contributed by atoms with Crippen molar-refractivity contribution in [3.63, 3.8) is 0 Å². The third-order valence-corrected chi connectivity index (χ3v) is 2.65. The number of methoxy groups -OCH3 is 2. The summed E-state index contributed by atoms with van der Waals surface area (Å²) in [4.78, 5) is 22.8. The lowest BCUT2D eigenvalue weighted by Gasteiger charge is -2.16. The Hall–Kier alpha value is -2.85. The molecule has 0 amide bonds. The van der Waals surface area contributed by atoms with E-state index in [1.54, 1.807) is 0 Å². The summed E-state index contributed by atoms with van der Waals surface area (Å²) >= 11 is 0. The summed E-state index contributed by atoms with van der Waals surface area (Å²) < 4.78 is 75.8.